The summed E-state index contributed by atoms with van der Waals surface area (Å²) in [7, 11) is 0. The molecule has 132 valence electrons. The minimum Gasteiger partial charge on any atom is -0.381 e. The summed E-state index contributed by atoms with van der Waals surface area (Å²) in [5.41, 5.74) is 2.81. The summed E-state index contributed by atoms with van der Waals surface area (Å²) in [5.74, 6) is 1.68. The van der Waals surface area contributed by atoms with E-state index in [0.717, 1.165) is 35.8 Å². The Bertz CT molecular complexity index is 758. The van der Waals surface area contributed by atoms with Gasteiger partial charge in [-0.05, 0) is 36.8 Å². The number of rotatable bonds is 4. The van der Waals surface area contributed by atoms with Gasteiger partial charge in [0.15, 0.2) is 0 Å². The second-order valence-electron chi connectivity index (χ2n) is 5.94. The molecule has 0 bridgehead atoms. The molecule has 1 heterocycles. The third kappa shape index (κ3) is 4.10. The molecule has 0 atom stereocenters. The lowest BCUT2D eigenvalue weighted by atomic mass is 10.0. The Morgan fingerprint density at radius 3 is 2.68 bits per heavy atom. The van der Waals surface area contributed by atoms with Crippen LogP contribution in [0.2, 0.25) is 5.02 Å². The maximum Gasteiger partial charge on any atom is 0.254 e. The molecule has 3 nitrogen and oxygen atoms in total. The molecule has 25 heavy (non-hydrogen) atoms. The van der Waals surface area contributed by atoms with Gasteiger partial charge in [-0.25, -0.2) is 4.39 Å². The summed E-state index contributed by atoms with van der Waals surface area (Å²) in [6.07, 6.45) is 0. The number of carbonyl (C=O) groups is 1. The highest BCUT2D eigenvalue weighted by atomic mass is 35.5. The van der Waals surface area contributed by atoms with Gasteiger partial charge < -0.3 is 10.2 Å². The number of halogens is 2. The average Bonchev–Trinajstić information content (AvgIpc) is 2.63. The fraction of sp³-hybridized carbons (Fsp3) is 0.316. The normalized spacial score (nSPS) is 14.4. The first-order chi connectivity index (χ1) is 12.1. The highest BCUT2D eigenvalue weighted by Gasteiger charge is 2.20. The largest absolute Gasteiger partial charge is 0.381 e. The summed E-state index contributed by atoms with van der Waals surface area (Å²) >= 11 is 7.95. The van der Waals surface area contributed by atoms with Gasteiger partial charge in [-0.1, -0.05) is 23.7 Å². The molecule has 0 aliphatic carbocycles. The predicted molar refractivity (Wildman–Crippen MR) is 103 cm³/mol. The van der Waals surface area contributed by atoms with Gasteiger partial charge >= 0.3 is 0 Å². The average molecular weight is 379 g/mol. The minimum atomic E-state index is -0.337. The van der Waals surface area contributed by atoms with Crippen LogP contribution in [-0.2, 0) is 6.54 Å². The molecule has 1 N–H and O–H groups in total. The van der Waals surface area contributed by atoms with Crippen molar-refractivity contribution in [2.75, 3.05) is 29.9 Å². The zero-order valence-corrected chi connectivity index (χ0v) is 15.6. The number of hydrogen-bond acceptors (Lipinski definition) is 3. The summed E-state index contributed by atoms with van der Waals surface area (Å²) in [6.45, 7) is 3.75. The van der Waals surface area contributed by atoms with Crippen molar-refractivity contribution in [1.29, 1.82) is 0 Å². The maximum absolute atomic E-state index is 13.9. The molecule has 0 spiro atoms. The van der Waals surface area contributed by atoms with Crippen LogP contribution >= 0.6 is 23.4 Å². The molecule has 1 aliphatic heterocycles. The van der Waals surface area contributed by atoms with Crippen LogP contribution in [0.3, 0.4) is 0 Å². The first-order valence-corrected chi connectivity index (χ1v) is 9.74. The zero-order chi connectivity index (χ0) is 17.8. The van der Waals surface area contributed by atoms with Gasteiger partial charge in [0.05, 0.1) is 0 Å². The van der Waals surface area contributed by atoms with Crippen LogP contribution in [0.1, 0.15) is 21.5 Å². The van der Waals surface area contributed by atoms with Crippen molar-refractivity contribution in [3.05, 3.63) is 63.9 Å². The molecular formula is C19H20ClFN2OS. The first kappa shape index (κ1) is 18.1. The Kier molecular flexibility index (Phi) is 5.86. The molecule has 2 aromatic rings. The van der Waals surface area contributed by atoms with E-state index < -0.39 is 0 Å². The molecule has 0 radical (unpaired) electrons. The number of nitrogens with zero attached hydrogens (tertiary/aromatic N) is 1. The third-order valence-corrected chi connectivity index (χ3v) is 5.68. The van der Waals surface area contributed by atoms with Crippen LogP contribution in [0.25, 0.3) is 0 Å². The third-order valence-electron chi connectivity index (χ3n) is 4.38. The van der Waals surface area contributed by atoms with E-state index in [2.05, 4.69) is 5.32 Å². The number of amides is 1. The Morgan fingerprint density at radius 2 is 1.96 bits per heavy atom. The van der Waals surface area contributed by atoms with E-state index in [1.54, 1.807) is 12.1 Å². The molecule has 6 heteroatoms. The number of carbonyl (C=O) groups excluding carboxylic acids is 1. The predicted octanol–water partition coefficient (Wildman–Crippen LogP) is 4.59. The number of hydrogen-bond donors (Lipinski definition) is 1. The van der Waals surface area contributed by atoms with E-state index in [1.165, 1.54) is 6.07 Å². The molecule has 1 saturated heterocycles. The van der Waals surface area contributed by atoms with Crippen LogP contribution in [0.4, 0.5) is 10.1 Å². The molecule has 1 amide bonds. The monoisotopic (exact) mass is 378 g/mol. The summed E-state index contributed by atoms with van der Waals surface area (Å²) in [5, 5.41) is 3.60. The van der Waals surface area contributed by atoms with E-state index in [4.69, 9.17) is 11.6 Å². The molecule has 2 aromatic carbocycles. The number of anilines is 1. The number of benzene rings is 2. The highest BCUT2D eigenvalue weighted by molar-refractivity contribution is 7.99. The van der Waals surface area contributed by atoms with Crippen LogP contribution in [0.5, 0.6) is 0 Å². The SMILES string of the molecule is Cc1c(NCc2c(F)cccc2Cl)cccc1C(=O)N1CCSCC1. The first-order valence-electron chi connectivity index (χ1n) is 8.21. The topological polar surface area (TPSA) is 32.3 Å². The number of thioether (sulfide) groups is 1. The van der Waals surface area contributed by atoms with E-state index in [1.807, 2.05) is 41.8 Å². The Hall–Kier alpha value is -1.72. The van der Waals surface area contributed by atoms with Crippen molar-refractivity contribution < 1.29 is 9.18 Å². The Morgan fingerprint density at radius 1 is 1.24 bits per heavy atom. The molecule has 0 aromatic heterocycles. The van der Waals surface area contributed by atoms with Gasteiger partial charge in [0.1, 0.15) is 5.82 Å². The van der Waals surface area contributed by atoms with Crippen molar-refractivity contribution in [2.45, 2.75) is 13.5 Å². The summed E-state index contributed by atoms with van der Waals surface area (Å²) < 4.78 is 13.9. The fourth-order valence-corrected chi connectivity index (χ4v) is 4.01. The van der Waals surface area contributed by atoms with Gasteiger partial charge in [-0.15, -0.1) is 0 Å². The smallest absolute Gasteiger partial charge is 0.254 e. The summed E-state index contributed by atoms with van der Waals surface area (Å²) in [6, 6.07) is 10.2. The van der Waals surface area contributed by atoms with Gasteiger partial charge in [-0.2, -0.15) is 11.8 Å². The zero-order valence-electron chi connectivity index (χ0n) is 14.0. The van der Waals surface area contributed by atoms with Gasteiger partial charge in [0, 0.05) is 53.0 Å². The van der Waals surface area contributed by atoms with E-state index in [0.29, 0.717) is 16.1 Å². The van der Waals surface area contributed by atoms with E-state index in [9.17, 15) is 9.18 Å². The molecular weight excluding hydrogens is 359 g/mol. The molecule has 1 aliphatic rings. The Labute approximate surface area is 156 Å². The molecule has 3 rings (SSSR count). The van der Waals surface area contributed by atoms with Crippen LogP contribution in [0, 0.1) is 12.7 Å². The van der Waals surface area contributed by atoms with Crippen LogP contribution in [-0.4, -0.2) is 35.4 Å². The van der Waals surface area contributed by atoms with Gasteiger partial charge in [0.2, 0.25) is 0 Å². The second kappa shape index (κ2) is 8.11. The summed E-state index contributed by atoms with van der Waals surface area (Å²) in [4.78, 5) is 14.7. The lowest BCUT2D eigenvalue weighted by Crippen LogP contribution is -2.38. The van der Waals surface area contributed by atoms with Crippen LogP contribution < -0.4 is 5.32 Å². The quantitative estimate of drug-likeness (QED) is 0.844. The standard InChI is InChI=1S/C19H20ClFN2OS/c1-13-14(19(24)23-8-10-25-11-9-23)4-2-7-18(13)22-12-15-16(20)5-3-6-17(15)21/h2-7,22H,8-12H2,1H3. The van der Waals surface area contributed by atoms with Crippen molar-refractivity contribution in [1.82, 2.24) is 4.90 Å². The van der Waals surface area contributed by atoms with E-state index >= 15 is 0 Å². The highest BCUT2D eigenvalue weighted by Crippen LogP contribution is 2.24. The van der Waals surface area contributed by atoms with E-state index in [-0.39, 0.29) is 18.3 Å². The molecule has 1 fully saturated rings. The fourth-order valence-electron chi connectivity index (χ4n) is 2.88. The van der Waals surface area contributed by atoms with Crippen molar-refractivity contribution in [3.8, 4) is 0 Å². The Balaban J connectivity index is 1.78. The second-order valence-corrected chi connectivity index (χ2v) is 7.57. The van der Waals surface area contributed by atoms with Crippen molar-refractivity contribution in [2.24, 2.45) is 0 Å². The van der Waals surface area contributed by atoms with Gasteiger partial charge in [0.25, 0.3) is 5.91 Å². The lowest BCUT2D eigenvalue weighted by molar-refractivity contribution is 0.0771. The lowest BCUT2D eigenvalue weighted by Gasteiger charge is -2.27. The van der Waals surface area contributed by atoms with Crippen molar-refractivity contribution in [3.63, 3.8) is 0 Å². The maximum atomic E-state index is 13.9. The molecule has 0 saturated carbocycles. The number of nitrogens with one attached hydrogen (secondary N) is 1. The van der Waals surface area contributed by atoms with Crippen molar-refractivity contribution >= 4 is 35.0 Å². The van der Waals surface area contributed by atoms with Gasteiger partial charge in [-0.3, -0.25) is 4.79 Å². The van der Waals surface area contributed by atoms with Crippen LogP contribution in [0.15, 0.2) is 36.4 Å². The minimum absolute atomic E-state index is 0.0605. The molecule has 0 unspecified atom stereocenters.